The van der Waals surface area contributed by atoms with Crippen molar-refractivity contribution in [2.45, 2.75) is 57.9 Å². The predicted octanol–water partition coefficient (Wildman–Crippen LogP) is 4.77. The maximum Gasteiger partial charge on any atom is 0.230 e. The Balaban J connectivity index is 1.39. The van der Waals surface area contributed by atoms with Gasteiger partial charge in [-0.25, -0.2) is 12.7 Å². The molecule has 0 N–H and O–H groups in total. The van der Waals surface area contributed by atoms with E-state index in [2.05, 4.69) is 12.1 Å². The second kappa shape index (κ2) is 10.9. The van der Waals surface area contributed by atoms with Gasteiger partial charge in [-0.3, -0.25) is 9.59 Å². The van der Waals surface area contributed by atoms with E-state index < -0.39 is 10.0 Å². The summed E-state index contributed by atoms with van der Waals surface area (Å²) >= 11 is 0. The van der Waals surface area contributed by atoms with Crippen LogP contribution in [-0.2, 0) is 26.1 Å². The Morgan fingerprint density at radius 3 is 2.47 bits per heavy atom. The first-order valence-electron chi connectivity index (χ1n) is 13.7. The first kappa shape index (κ1) is 27.0. The Labute approximate surface area is 226 Å². The number of nitrogens with zero attached hydrogens (tertiary/aromatic N) is 2. The van der Waals surface area contributed by atoms with Crippen LogP contribution in [0.1, 0.15) is 72.9 Å². The van der Waals surface area contributed by atoms with Crippen LogP contribution in [0.15, 0.2) is 48.5 Å². The first-order chi connectivity index (χ1) is 18.2. The van der Waals surface area contributed by atoms with Gasteiger partial charge >= 0.3 is 0 Å². The number of rotatable bonds is 7. The molecule has 3 aliphatic rings. The molecule has 0 aromatic heterocycles. The highest BCUT2D eigenvalue weighted by Gasteiger charge is 2.58. The van der Waals surface area contributed by atoms with Crippen molar-refractivity contribution >= 4 is 27.4 Å². The minimum atomic E-state index is -3.18. The standard InChI is InChI=1S/C30H38N2O5S/c1-22(33)24-9-7-23(8-10-24)21-32(29(34)28-20-30(28)13-4-17-37-18-14-30)27-6-3-5-26(19-27)25-11-15-31(16-12-25)38(2,35)36/h3,5-10,19,25,28H,4,11-18,20-21H2,1-2H3. The fourth-order valence-electron chi connectivity index (χ4n) is 6.26. The van der Waals surface area contributed by atoms with E-state index in [9.17, 15) is 18.0 Å². The van der Waals surface area contributed by atoms with E-state index in [1.807, 2.05) is 41.3 Å². The summed E-state index contributed by atoms with van der Waals surface area (Å²) in [5.41, 5.74) is 3.72. The number of hydrogen-bond acceptors (Lipinski definition) is 5. The van der Waals surface area contributed by atoms with E-state index in [0.29, 0.717) is 25.2 Å². The van der Waals surface area contributed by atoms with Crippen molar-refractivity contribution in [3.63, 3.8) is 0 Å². The van der Waals surface area contributed by atoms with Crippen LogP contribution in [0.3, 0.4) is 0 Å². The lowest BCUT2D eigenvalue weighted by Gasteiger charge is -2.31. The number of carbonyl (C=O) groups excluding carboxylic acids is 2. The molecule has 5 rings (SSSR count). The number of ether oxygens (including phenoxy) is 1. The van der Waals surface area contributed by atoms with Gasteiger partial charge < -0.3 is 9.64 Å². The molecular formula is C30H38N2O5S. The Morgan fingerprint density at radius 2 is 1.79 bits per heavy atom. The van der Waals surface area contributed by atoms with E-state index in [0.717, 1.165) is 68.6 Å². The number of piperidine rings is 1. The third-order valence-corrected chi connectivity index (χ3v) is 10.0. The molecule has 204 valence electrons. The molecule has 1 saturated carbocycles. The van der Waals surface area contributed by atoms with Crippen molar-refractivity contribution in [1.29, 1.82) is 0 Å². The molecule has 2 atom stereocenters. The van der Waals surface area contributed by atoms with Crippen LogP contribution in [0.2, 0.25) is 0 Å². The van der Waals surface area contributed by atoms with Gasteiger partial charge in [-0.05, 0) is 80.0 Å². The highest BCUT2D eigenvalue weighted by Crippen LogP contribution is 2.60. The normalized spacial score (nSPS) is 24.6. The SMILES string of the molecule is CC(=O)c1ccc(CN(C(=O)C2CC23CCCOCC3)c2cccc(C3CCN(S(C)(=O)=O)CC3)c2)cc1. The minimum absolute atomic E-state index is 0.00217. The molecule has 7 nitrogen and oxygen atoms in total. The molecule has 0 radical (unpaired) electrons. The third kappa shape index (κ3) is 5.87. The van der Waals surface area contributed by atoms with Gasteiger partial charge in [0.25, 0.3) is 0 Å². The molecule has 1 aliphatic carbocycles. The zero-order valence-electron chi connectivity index (χ0n) is 22.4. The van der Waals surface area contributed by atoms with Crippen LogP contribution in [-0.4, -0.2) is 57.0 Å². The molecule has 1 amide bonds. The van der Waals surface area contributed by atoms with Gasteiger partial charge in [0.05, 0.1) is 12.8 Å². The van der Waals surface area contributed by atoms with E-state index >= 15 is 0 Å². The van der Waals surface area contributed by atoms with Crippen LogP contribution in [0.25, 0.3) is 0 Å². The predicted molar refractivity (Wildman–Crippen MR) is 148 cm³/mol. The summed E-state index contributed by atoms with van der Waals surface area (Å²) in [5, 5.41) is 0. The first-order valence-corrected chi connectivity index (χ1v) is 15.6. The molecule has 3 fully saturated rings. The Hall–Kier alpha value is -2.55. The van der Waals surface area contributed by atoms with Crippen molar-refractivity contribution in [3.8, 4) is 0 Å². The summed E-state index contributed by atoms with van der Waals surface area (Å²) < 4.78 is 31.1. The second-order valence-electron chi connectivity index (χ2n) is 11.3. The van der Waals surface area contributed by atoms with E-state index in [-0.39, 0.29) is 28.9 Å². The van der Waals surface area contributed by atoms with Gasteiger partial charge in [0, 0.05) is 43.5 Å². The van der Waals surface area contributed by atoms with Crippen molar-refractivity contribution in [1.82, 2.24) is 4.31 Å². The van der Waals surface area contributed by atoms with Crippen molar-refractivity contribution < 1.29 is 22.7 Å². The number of ketones is 1. The Morgan fingerprint density at radius 1 is 1.05 bits per heavy atom. The smallest absolute Gasteiger partial charge is 0.230 e. The third-order valence-electron chi connectivity index (χ3n) is 8.74. The van der Waals surface area contributed by atoms with Crippen molar-refractivity contribution in [3.05, 3.63) is 65.2 Å². The van der Waals surface area contributed by atoms with Crippen LogP contribution >= 0.6 is 0 Å². The van der Waals surface area contributed by atoms with Crippen molar-refractivity contribution in [2.75, 3.05) is 37.5 Å². The maximum atomic E-state index is 14.1. The van der Waals surface area contributed by atoms with Crippen LogP contribution in [0, 0.1) is 11.3 Å². The summed E-state index contributed by atoms with van der Waals surface area (Å²) in [5.74, 6) is 0.439. The van der Waals surface area contributed by atoms with Gasteiger partial charge in [-0.15, -0.1) is 0 Å². The lowest BCUT2D eigenvalue weighted by Crippen LogP contribution is -2.37. The van der Waals surface area contributed by atoms with Crippen LogP contribution in [0.4, 0.5) is 5.69 Å². The average molecular weight is 539 g/mol. The molecule has 2 aromatic carbocycles. The van der Waals surface area contributed by atoms with E-state index in [1.165, 1.54) is 6.26 Å². The summed E-state index contributed by atoms with van der Waals surface area (Å²) in [4.78, 5) is 27.7. The van der Waals surface area contributed by atoms with E-state index in [4.69, 9.17) is 4.74 Å². The van der Waals surface area contributed by atoms with Crippen LogP contribution in [0.5, 0.6) is 0 Å². The second-order valence-corrected chi connectivity index (χ2v) is 13.3. The number of Topliss-reactive ketones (excluding diaryl/α,β-unsaturated/α-hetero) is 1. The number of carbonyl (C=O) groups is 2. The molecule has 38 heavy (non-hydrogen) atoms. The number of benzene rings is 2. The molecule has 2 heterocycles. The fourth-order valence-corrected chi connectivity index (χ4v) is 7.13. The largest absolute Gasteiger partial charge is 0.381 e. The number of amides is 1. The molecular weight excluding hydrogens is 500 g/mol. The summed E-state index contributed by atoms with van der Waals surface area (Å²) in [6.45, 7) is 4.53. The molecule has 2 aromatic rings. The highest BCUT2D eigenvalue weighted by atomic mass is 32.2. The average Bonchev–Trinajstić information content (AvgIpc) is 3.68. The highest BCUT2D eigenvalue weighted by molar-refractivity contribution is 7.88. The van der Waals surface area contributed by atoms with Gasteiger partial charge in [0.1, 0.15) is 0 Å². The molecule has 2 saturated heterocycles. The molecule has 2 aliphatic heterocycles. The monoisotopic (exact) mass is 538 g/mol. The zero-order valence-corrected chi connectivity index (χ0v) is 23.2. The fraction of sp³-hybridized carbons (Fsp3) is 0.533. The lowest BCUT2D eigenvalue weighted by atomic mass is 9.89. The minimum Gasteiger partial charge on any atom is -0.381 e. The van der Waals surface area contributed by atoms with E-state index in [1.54, 1.807) is 11.2 Å². The van der Waals surface area contributed by atoms with Gasteiger partial charge in [-0.1, -0.05) is 36.4 Å². The summed E-state index contributed by atoms with van der Waals surface area (Å²) in [7, 11) is -3.18. The molecule has 1 spiro atoms. The topological polar surface area (TPSA) is 84.0 Å². The number of sulfonamides is 1. The zero-order chi connectivity index (χ0) is 26.9. The quantitative estimate of drug-likeness (QED) is 0.475. The van der Waals surface area contributed by atoms with Gasteiger partial charge in [0.2, 0.25) is 15.9 Å². The summed E-state index contributed by atoms with van der Waals surface area (Å²) in [6.07, 6.45) is 6.68. The maximum absolute atomic E-state index is 14.1. The summed E-state index contributed by atoms with van der Waals surface area (Å²) in [6, 6.07) is 15.7. The lowest BCUT2D eigenvalue weighted by molar-refractivity contribution is -0.120. The van der Waals surface area contributed by atoms with Crippen LogP contribution < -0.4 is 4.90 Å². The van der Waals surface area contributed by atoms with Gasteiger partial charge in [-0.2, -0.15) is 0 Å². The molecule has 0 bridgehead atoms. The number of anilines is 1. The van der Waals surface area contributed by atoms with Crippen molar-refractivity contribution in [2.24, 2.45) is 11.3 Å². The Bertz CT molecular complexity index is 1270. The Kier molecular flexibility index (Phi) is 7.76. The molecule has 2 unspecified atom stereocenters. The molecule has 8 heteroatoms. The van der Waals surface area contributed by atoms with Gasteiger partial charge in [0.15, 0.2) is 5.78 Å². The number of hydrogen-bond donors (Lipinski definition) is 0.